The van der Waals surface area contributed by atoms with E-state index in [9.17, 15) is 0 Å². The van der Waals surface area contributed by atoms with Crippen molar-refractivity contribution < 1.29 is 4.74 Å². The van der Waals surface area contributed by atoms with E-state index in [-0.39, 0.29) is 0 Å². The van der Waals surface area contributed by atoms with Gasteiger partial charge in [0.25, 0.3) is 0 Å². The maximum atomic E-state index is 5.48. The second-order valence-electron chi connectivity index (χ2n) is 2.50. The average Bonchev–Trinajstić information content (AvgIpc) is 2.34. The van der Waals surface area contributed by atoms with Gasteiger partial charge in [-0.15, -0.1) is 0 Å². The lowest BCUT2D eigenvalue weighted by atomic mass is 10.3. The molecule has 2 heteroatoms. The van der Waals surface area contributed by atoms with E-state index in [1.165, 1.54) is 25.7 Å². The zero-order chi connectivity index (χ0) is 6.53. The highest BCUT2D eigenvalue weighted by atomic mass is 32.1. The van der Waals surface area contributed by atoms with Crippen LogP contribution in [0.25, 0.3) is 0 Å². The van der Waals surface area contributed by atoms with E-state index < -0.39 is 0 Å². The van der Waals surface area contributed by atoms with E-state index in [1.54, 1.807) is 0 Å². The zero-order valence-electron chi connectivity index (χ0n) is 5.68. The van der Waals surface area contributed by atoms with Gasteiger partial charge in [0, 0.05) is 5.75 Å². The Hall–Kier alpha value is 0.310. The lowest BCUT2D eigenvalue weighted by molar-refractivity contribution is 0.0705. The SMILES string of the molecule is SCCOC1CCCC1. The molecule has 0 bridgehead atoms. The molecule has 1 rings (SSSR count). The maximum Gasteiger partial charge on any atom is 0.0575 e. The largest absolute Gasteiger partial charge is 0.377 e. The van der Waals surface area contributed by atoms with Crippen LogP contribution in [0.4, 0.5) is 0 Å². The Bertz CT molecular complexity index is 69.3. The minimum atomic E-state index is 0.567. The summed E-state index contributed by atoms with van der Waals surface area (Å²) in [6.45, 7) is 0.827. The van der Waals surface area contributed by atoms with Gasteiger partial charge in [0.1, 0.15) is 0 Å². The van der Waals surface area contributed by atoms with E-state index in [0.29, 0.717) is 6.10 Å². The van der Waals surface area contributed by atoms with Gasteiger partial charge in [-0.1, -0.05) is 12.8 Å². The molecule has 1 saturated carbocycles. The molecule has 0 spiro atoms. The van der Waals surface area contributed by atoms with Gasteiger partial charge in [-0.05, 0) is 12.8 Å². The van der Waals surface area contributed by atoms with E-state index >= 15 is 0 Å². The molecule has 0 aromatic rings. The molecule has 1 nitrogen and oxygen atoms in total. The van der Waals surface area contributed by atoms with Crippen molar-refractivity contribution in [3.63, 3.8) is 0 Å². The Labute approximate surface area is 62.2 Å². The van der Waals surface area contributed by atoms with Crippen LogP contribution in [-0.4, -0.2) is 18.5 Å². The molecular weight excluding hydrogens is 132 g/mol. The molecule has 0 unspecified atom stereocenters. The molecule has 0 aromatic heterocycles. The van der Waals surface area contributed by atoms with Crippen LogP contribution in [-0.2, 0) is 4.74 Å². The van der Waals surface area contributed by atoms with Crippen molar-refractivity contribution in [3.8, 4) is 0 Å². The standard InChI is InChI=1S/C7H14OS/c9-6-5-8-7-3-1-2-4-7/h7,9H,1-6H2. The first-order valence-electron chi connectivity index (χ1n) is 3.66. The third-order valence-electron chi connectivity index (χ3n) is 1.75. The highest BCUT2D eigenvalue weighted by molar-refractivity contribution is 7.80. The quantitative estimate of drug-likeness (QED) is 0.598. The first kappa shape index (κ1) is 7.42. The molecule has 54 valence electrons. The van der Waals surface area contributed by atoms with Crippen molar-refractivity contribution in [2.24, 2.45) is 0 Å². The number of rotatable bonds is 3. The second-order valence-corrected chi connectivity index (χ2v) is 2.95. The smallest absolute Gasteiger partial charge is 0.0575 e. The molecule has 1 fully saturated rings. The summed E-state index contributed by atoms with van der Waals surface area (Å²) in [6.07, 6.45) is 5.83. The van der Waals surface area contributed by atoms with Crippen LogP contribution >= 0.6 is 12.6 Å². The lowest BCUT2D eigenvalue weighted by Crippen LogP contribution is -2.08. The topological polar surface area (TPSA) is 9.23 Å². The Morgan fingerprint density at radius 1 is 1.33 bits per heavy atom. The van der Waals surface area contributed by atoms with Crippen LogP contribution in [0.5, 0.6) is 0 Å². The van der Waals surface area contributed by atoms with Crippen LogP contribution in [0.1, 0.15) is 25.7 Å². The predicted molar refractivity (Wildman–Crippen MR) is 42.1 cm³/mol. The summed E-state index contributed by atoms with van der Waals surface area (Å²) >= 11 is 4.07. The van der Waals surface area contributed by atoms with Gasteiger partial charge in [0.05, 0.1) is 12.7 Å². The molecule has 0 heterocycles. The number of hydrogen-bond acceptors (Lipinski definition) is 2. The molecule has 0 aliphatic heterocycles. The molecule has 9 heavy (non-hydrogen) atoms. The Morgan fingerprint density at radius 3 is 2.56 bits per heavy atom. The van der Waals surface area contributed by atoms with Crippen LogP contribution in [0.3, 0.4) is 0 Å². The lowest BCUT2D eigenvalue weighted by Gasteiger charge is -2.08. The highest BCUT2D eigenvalue weighted by Gasteiger charge is 2.13. The molecular formula is C7H14OS. The first-order valence-corrected chi connectivity index (χ1v) is 4.29. The monoisotopic (exact) mass is 146 g/mol. The zero-order valence-corrected chi connectivity index (χ0v) is 6.57. The van der Waals surface area contributed by atoms with Crippen molar-refractivity contribution in [2.45, 2.75) is 31.8 Å². The summed E-state index contributed by atoms with van der Waals surface area (Å²) in [5.41, 5.74) is 0. The molecule has 0 N–H and O–H groups in total. The van der Waals surface area contributed by atoms with E-state index in [4.69, 9.17) is 4.74 Å². The van der Waals surface area contributed by atoms with Gasteiger partial charge < -0.3 is 4.74 Å². The van der Waals surface area contributed by atoms with Crippen molar-refractivity contribution in [1.29, 1.82) is 0 Å². The van der Waals surface area contributed by atoms with E-state index in [1.807, 2.05) is 0 Å². The predicted octanol–water partition coefficient (Wildman–Crippen LogP) is 1.88. The minimum absolute atomic E-state index is 0.567. The fraction of sp³-hybridized carbons (Fsp3) is 1.00. The van der Waals surface area contributed by atoms with Crippen LogP contribution in [0.2, 0.25) is 0 Å². The van der Waals surface area contributed by atoms with Crippen molar-refractivity contribution in [2.75, 3.05) is 12.4 Å². The summed E-state index contributed by atoms with van der Waals surface area (Å²) in [5.74, 6) is 0.858. The van der Waals surface area contributed by atoms with Crippen LogP contribution in [0.15, 0.2) is 0 Å². The number of ether oxygens (including phenoxy) is 1. The minimum Gasteiger partial charge on any atom is -0.377 e. The molecule has 0 aromatic carbocycles. The Balaban J connectivity index is 1.98. The fourth-order valence-electron chi connectivity index (χ4n) is 1.27. The summed E-state index contributed by atoms with van der Waals surface area (Å²) in [7, 11) is 0. The van der Waals surface area contributed by atoms with Gasteiger partial charge in [0.2, 0.25) is 0 Å². The van der Waals surface area contributed by atoms with E-state index in [0.717, 1.165) is 12.4 Å². The third-order valence-corrected chi connectivity index (χ3v) is 1.93. The third kappa shape index (κ3) is 2.59. The molecule has 0 radical (unpaired) electrons. The maximum absolute atomic E-state index is 5.48. The Kier molecular flexibility index (Phi) is 3.44. The van der Waals surface area contributed by atoms with Crippen molar-refractivity contribution in [1.82, 2.24) is 0 Å². The van der Waals surface area contributed by atoms with Crippen molar-refractivity contribution >= 4 is 12.6 Å². The highest BCUT2D eigenvalue weighted by Crippen LogP contribution is 2.20. The number of hydrogen-bond donors (Lipinski definition) is 1. The molecule has 1 aliphatic carbocycles. The summed E-state index contributed by atoms with van der Waals surface area (Å²) in [5, 5.41) is 0. The second kappa shape index (κ2) is 4.18. The summed E-state index contributed by atoms with van der Waals surface area (Å²) in [4.78, 5) is 0. The average molecular weight is 146 g/mol. The van der Waals surface area contributed by atoms with Crippen LogP contribution in [0, 0.1) is 0 Å². The molecule has 0 atom stereocenters. The molecule has 0 amide bonds. The van der Waals surface area contributed by atoms with Gasteiger partial charge >= 0.3 is 0 Å². The van der Waals surface area contributed by atoms with Gasteiger partial charge in [-0.2, -0.15) is 12.6 Å². The number of thiol groups is 1. The van der Waals surface area contributed by atoms with E-state index in [2.05, 4.69) is 12.6 Å². The fourth-order valence-corrected chi connectivity index (χ4v) is 1.38. The molecule has 1 aliphatic rings. The normalized spacial score (nSPS) is 21.0. The van der Waals surface area contributed by atoms with Gasteiger partial charge in [-0.25, -0.2) is 0 Å². The first-order chi connectivity index (χ1) is 4.43. The van der Waals surface area contributed by atoms with Crippen molar-refractivity contribution in [3.05, 3.63) is 0 Å². The van der Waals surface area contributed by atoms with Gasteiger partial charge in [0.15, 0.2) is 0 Å². The van der Waals surface area contributed by atoms with Gasteiger partial charge in [-0.3, -0.25) is 0 Å². The molecule has 0 saturated heterocycles. The Morgan fingerprint density at radius 2 is 2.00 bits per heavy atom. The summed E-state index contributed by atoms with van der Waals surface area (Å²) < 4.78 is 5.48. The summed E-state index contributed by atoms with van der Waals surface area (Å²) in [6, 6.07) is 0. The van der Waals surface area contributed by atoms with Crippen LogP contribution < -0.4 is 0 Å².